The number of carbonyl (C=O) groups is 1. The SMILES string of the molecule is Cc1ccc(C)c([C@]2(CCN3CCC(N4CCCCC4)CC3)CCCCN(C(=O)Cc3c(F)cccc3Cl)C2)c1. The van der Waals surface area contributed by atoms with Gasteiger partial charge in [-0.3, -0.25) is 4.79 Å². The number of piperidine rings is 2. The third-order valence-electron chi connectivity index (χ3n) is 9.90. The van der Waals surface area contributed by atoms with Crippen LogP contribution in [-0.4, -0.2) is 72.5 Å². The molecule has 218 valence electrons. The molecule has 0 radical (unpaired) electrons. The fourth-order valence-corrected chi connectivity index (χ4v) is 7.73. The fourth-order valence-electron chi connectivity index (χ4n) is 7.50. The van der Waals surface area contributed by atoms with Crippen LogP contribution in [0.5, 0.6) is 0 Å². The largest absolute Gasteiger partial charge is 0.342 e. The highest BCUT2D eigenvalue weighted by molar-refractivity contribution is 6.31. The normalized spacial score (nSPS) is 23.8. The van der Waals surface area contributed by atoms with Gasteiger partial charge < -0.3 is 14.7 Å². The van der Waals surface area contributed by atoms with Gasteiger partial charge in [-0.05, 0) is 115 Å². The van der Waals surface area contributed by atoms with E-state index in [1.54, 1.807) is 12.1 Å². The molecule has 2 aromatic carbocycles. The lowest BCUT2D eigenvalue weighted by Crippen LogP contribution is -2.48. The Kier molecular flexibility index (Phi) is 9.86. The summed E-state index contributed by atoms with van der Waals surface area (Å²) in [5, 5.41) is 0.330. The molecule has 0 aliphatic carbocycles. The van der Waals surface area contributed by atoms with E-state index in [1.807, 2.05) is 4.90 Å². The molecule has 2 aromatic rings. The molecule has 3 aliphatic rings. The van der Waals surface area contributed by atoms with Gasteiger partial charge in [0, 0.05) is 35.1 Å². The summed E-state index contributed by atoms with van der Waals surface area (Å²) in [5.74, 6) is -0.421. The number of likely N-dealkylation sites (tertiary alicyclic amines) is 3. The zero-order valence-electron chi connectivity index (χ0n) is 24.6. The molecule has 4 nitrogen and oxygen atoms in total. The molecule has 40 heavy (non-hydrogen) atoms. The topological polar surface area (TPSA) is 26.8 Å². The second kappa shape index (κ2) is 13.4. The van der Waals surface area contributed by atoms with E-state index in [0.717, 1.165) is 44.8 Å². The maximum atomic E-state index is 14.6. The lowest BCUT2D eigenvalue weighted by molar-refractivity contribution is -0.131. The van der Waals surface area contributed by atoms with Crippen molar-refractivity contribution < 1.29 is 9.18 Å². The van der Waals surface area contributed by atoms with E-state index in [4.69, 9.17) is 11.6 Å². The van der Waals surface area contributed by atoms with Gasteiger partial charge in [-0.1, -0.05) is 54.3 Å². The molecule has 1 atom stereocenters. The third-order valence-corrected chi connectivity index (χ3v) is 10.3. The molecule has 3 heterocycles. The summed E-state index contributed by atoms with van der Waals surface area (Å²) in [6, 6.07) is 12.2. The monoisotopic (exact) mass is 567 g/mol. The Morgan fingerprint density at radius 1 is 0.975 bits per heavy atom. The van der Waals surface area contributed by atoms with Crippen molar-refractivity contribution in [2.75, 3.05) is 45.8 Å². The average Bonchev–Trinajstić information content (AvgIpc) is 3.20. The van der Waals surface area contributed by atoms with Crippen LogP contribution in [0.3, 0.4) is 0 Å². The van der Waals surface area contributed by atoms with E-state index in [0.29, 0.717) is 17.1 Å². The number of carbonyl (C=O) groups excluding carboxylic acids is 1. The number of hydrogen-bond acceptors (Lipinski definition) is 3. The number of benzene rings is 2. The van der Waals surface area contributed by atoms with Crippen molar-refractivity contribution in [3.05, 3.63) is 69.5 Å². The minimum atomic E-state index is -0.399. The maximum absolute atomic E-state index is 14.6. The Hall–Kier alpha value is -1.95. The molecule has 0 aromatic heterocycles. The minimum absolute atomic E-state index is 0.0123. The molecule has 0 unspecified atom stereocenters. The lowest BCUT2D eigenvalue weighted by atomic mass is 9.71. The first-order valence-corrected chi connectivity index (χ1v) is 16.0. The van der Waals surface area contributed by atoms with Gasteiger partial charge in [0.25, 0.3) is 0 Å². The summed E-state index contributed by atoms with van der Waals surface area (Å²) in [7, 11) is 0. The standard InChI is InChI=1S/C34H47ClFN3O/c1-26-11-12-27(2)30(23-26)34(16-22-37-20-13-28(14-21-37)38-17-5-3-6-18-38)15-4-7-19-39(25-34)33(40)24-29-31(35)9-8-10-32(29)36/h8-12,23,28H,3-7,13-22,24-25H2,1-2H3/t34-/m0/s1. The van der Waals surface area contributed by atoms with E-state index >= 15 is 0 Å². The van der Waals surface area contributed by atoms with Gasteiger partial charge >= 0.3 is 0 Å². The molecular formula is C34H47ClFN3O. The van der Waals surface area contributed by atoms with Gasteiger partial charge in [-0.2, -0.15) is 0 Å². The van der Waals surface area contributed by atoms with Crippen LogP contribution in [0.1, 0.15) is 80.0 Å². The number of hydrogen-bond donors (Lipinski definition) is 0. The Bertz CT molecular complexity index is 1140. The van der Waals surface area contributed by atoms with Gasteiger partial charge in [0.05, 0.1) is 6.42 Å². The molecule has 5 rings (SSSR count). The molecule has 3 fully saturated rings. The van der Waals surface area contributed by atoms with Crippen LogP contribution in [0.15, 0.2) is 36.4 Å². The van der Waals surface area contributed by atoms with Gasteiger partial charge in [0.2, 0.25) is 5.91 Å². The molecule has 0 saturated carbocycles. The van der Waals surface area contributed by atoms with Gasteiger partial charge in [-0.25, -0.2) is 4.39 Å². The third kappa shape index (κ3) is 6.91. The zero-order chi connectivity index (χ0) is 28.1. The summed E-state index contributed by atoms with van der Waals surface area (Å²) in [5.41, 5.74) is 4.17. The highest BCUT2D eigenvalue weighted by atomic mass is 35.5. The molecule has 0 N–H and O–H groups in total. The smallest absolute Gasteiger partial charge is 0.227 e. The number of amides is 1. The summed E-state index contributed by atoms with van der Waals surface area (Å²) in [6.45, 7) is 11.7. The number of rotatable bonds is 7. The molecular weight excluding hydrogens is 521 g/mol. The highest BCUT2D eigenvalue weighted by Crippen LogP contribution is 2.40. The summed E-state index contributed by atoms with van der Waals surface area (Å²) >= 11 is 6.31. The van der Waals surface area contributed by atoms with Crippen LogP contribution in [-0.2, 0) is 16.6 Å². The van der Waals surface area contributed by atoms with E-state index in [2.05, 4.69) is 41.8 Å². The maximum Gasteiger partial charge on any atom is 0.227 e. The zero-order valence-corrected chi connectivity index (χ0v) is 25.3. The Morgan fingerprint density at radius 3 is 2.48 bits per heavy atom. The highest BCUT2D eigenvalue weighted by Gasteiger charge is 2.39. The Morgan fingerprint density at radius 2 is 1.73 bits per heavy atom. The number of nitrogens with zero attached hydrogens (tertiary/aromatic N) is 3. The second-order valence-electron chi connectivity index (χ2n) is 12.7. The predicted molar refractivity (Wildman–Crippen MR) is 163 cm³/mol. The number of aryl methyl sites for hydroxylation is 2. The van der Waals surface area contributed by atoms with Gasteiger partial charge in [0.15, 0.2) is 0 Å². The first-order valence-electron chi connectivity index (χ1n) is 15.6. The van der Waals surface area contributed by atoms with Crippen LogP contribution >= 0.6 is 11.6 Å². The van der Waals surface area contributed by atoms with Crippen molar-refractivity contribution in [1.29, 1.82) is 0 Å². The Labute approximate surface area is 245 Å². The minimum Gasteiger partial charge on any atom is -0.342 e. The molecule has 3 saturated heterocycles. The summed E-state index contributed by atoms with van der Waals surface area (Å²) in [4.78, 5) is 21.1. The van der Waals surface area contributed by atoms with Crippen LogP contribution < -0.4 is 0 Å². The summed E-state index contributed by atoms with van der Waals surface area (Å²) < 4.78 is 14.6. The number of halogens is 2. The molecule has 0 bridgehead atoms. The van der Waals surface area contributed by atoms with Crippen LogP contribution in [0.4, 0.5) is 4.39 Å². The van der Waals surface area contributed by atoms with Crippen LogP contribution in [0, 0.1) is 19.7 Å². The van der Waals surface area contributed by atoms with E-state index in [9.17, 15) is 9.18 Å². The molecule has 0 spiro atoms. The molecule has 6 heteroatoms. The summed E-state index contributed by atoms with van der Waals surface area (Å²) in [6.07, 6.45) is 10.8. The van der Waals surface area contributed by atoms with E-state index in [-0.39, 0.29) is 17.7 Å². The van der Waals surface area contributed by atoms with Crippen LogP contribution in [0.25, 0.3) is 0 Å². The lowest BCUT2D eigenvalue weighted by Gasteiger charge is -2.43. The van der Waals surface area contributed by atoms with Crippen molar-refractivity contribution in [1.82, 2.24) is 14.7 Å². The van der Waals surface area contributed by atoms with Crippen molar-refractivity contribution in [3.8, 4) is 0 Å². The Balaban J connectivity index is 1.33. The average molecular weight is 568 g/mol. The first-order chi connectivity index (χ1) is 19.3. The van der Waals surface area contributed by atoms with Crippen molar-refractivity contribution in [2.24, 2.45) is 0 Å². The molecule has 1 amide bonds. The first kappa shape index (κ1) is 29.5. The van der Waals surface area contributed by atoms with Gasteiger partial charge in [0.1, 0.15) is 5.82 Å². The van der Waals surface area contributed by atoms with Crippen LogP contribution in [0.2, 0.25) is 5.02 Å². The van der Waals surface area contributed by atoms with Gasteiger partial charge in [-0.15, -0.1) is 0 Å². The molecule has 3 aliphatic heterocycles. The second-order valence-corrected chi connectivity index (χ2v) is 13.1. The fraction of sp³-hybridized carbons (Fsp3) is 0.618. The van der Waals surface area contributed by atoms with Crippen molar-refractivity contribution in [2.45, 2.75) is 89.5 Å². The van der Waals surface area contributed by atoms with Crippen molar-refractivity contribution in [3.63, 3.8) is 0 Å². The van der Waals surface area contributed by atoms with E-state index < -0.39 is 5.82 Å². The predicted octanol–water partition coefficient (Wildman–Crippen LogP) is 6.93. The van der Waals surface area contributed by atoms with Crippen molar-refractivity contribution >= 4 is 17.5 Å². The quantitative estimate of drug-likeness (QED) is 0.363. The van der Waals surface area contributed by atoms with E-state index in [1.165, 1.54) is 81.0 Å².